The molecule has 1 aromatic heterocycles. The van der Waals surface area contributed by atoms with Gasteiger partial charge in [-0.15, -0.1) is 0 Å². The number of hydrogen-bond acceptors (Lipinski definition) is 7. The Balaban J connectivity index is 1.47. The quantitative estimate of drug-likeness (QED) is 0.323. The van der Waals surface area contributed by atoms with E-state index in [1.165, 1.54) is 27.9 Å². The van der Waals surface area contributed by atoms with E-state index < -0.39 is 29.6 Å². The molecule has 4 aromatic rings. The molecule has 0 spiro atoms. The summed E-state index contributed by atoms with van der Waals surface area (Å²) in [6.45, 7) is -0.301. The largest absolute Gasteiger partial charge is 0.416 e. The summed E-state index contributed by atoms with van der Waals surface area (Å²) in [6.07, 6.45) is -3.23. The summed E-state index contributed by atoms with van der Waals surface area (Å²) in [5.41, 5.74) is 0.769. The standard InChI is InChI=1S/C29H16F3N7O2/c30-29(31,32)20-4-3-5-21(12-20)37-15-19(14-34)25(18-10-8-17(13-33)9-11-18)39-28(37)35-24(36-39)16-38-26(40)22-6-1-2-7-23(22)27(38)41/h1-12,15,25H,16H2. The van der Waals surface area contributed by atoms with E-state index >= 15 is 0 Å². The van der Waals surface area contributed by atoms with Crippen molar-refractivity contribution in [3.8, 4) is 12.1 Å². The Morgan fingerprint density at radius 2 is 1.56 bits per heavy atom. The Labute approximate surface area is 230 Å². The molecule has 6 rings (SSSR count). The molecule has 12 heteroatoms. The predicted molar refractivity (Wildman–Crippen MR) is 137 cm³/mol. The molecule has 0 aliphatic carbocycles. The fourth-order valence-corrected chi connectivity index (χ4v) is 4.86. The summed E-state index contributed by atoms with van der Waals surface area (Å²) < 4.78 is 41.9. The highest BCUT2D eigenvalue weighted by Crippen LogP contribution is 2.40. The van der Waals surface area contributed by atoms with Gasteiger partial charge in [-0.2, -0.15) is 33.8 Å². The Hall–Kier alpha value is -5.75. The summed E-state index contributed by atoms with van der Waals surface area (Å²) in [7, 11) is 0. The van der Waals surface area contributed by atoms with Crippen molar-refractivity contribution < 1.29 is 22.8 Å². The third-order valence-corrected chi connectivity index (χ3v) is 6.79. The minimum atomic E-state index is -4.61. The molecule has 1 unspecified atom stereocenters. The van der Waals surface area contributed by atoms with Gasteiger partial charge in [-0.05, 0) is 48.0 Å². The van der Waals surface area contributed by atoms with Crippen LogP contribution in [0.5, 0.6) is 0 Å². The lowest BCUT2D eigenvalue weighted by Crippen LogP contribution is -2.29. The van der Waals surface area contributed by atoms with Crippen molar-refractivity contribution in [3.05, 3.63) is 118 Å². The van der Waals surface area contributed by atoms with Crippen molar-refractivity contribution in [2.75, 3.05) is 4.90 Å². The molecule has 200 valence electrons. The molecule has 0 bridgehead atoms. The molecule has 1 atom stereocenters. The van der Waals surface area contributed by atoms with Crippen molar-refractivity contribution in [2.24, 2.45) is 0 Å². The highest BCUT2D eigenvalue weighted by molar-refractivity contribution is 6.21. The normalized spacial score (nSPS) is 16.1. The van der Waals surface area contributed by atoms with Crippen LogP contribution < -0.4 is 4.90 Å². The Bertz CT molecular complexity index is 1810. The van der Waals surface area contributed by atoms with Crippen LogP contribution in [-0.2, 0) is 12.7 Å². The number of alkyl halides is 3. The number of amides is 2. The van der Waals surface area contributed by atoms with Crippen LogP contribution in [0.2, 0.25) is 0 Å². The molecule has 9 nitrogen and oxygen atoms in total. The van der Waals surface area contributed by atoms with E-state index in [0.717, 1.165) is 17.0 Å². The minimum absolute atomic E-state index is 0.0396. The smallest absolute Gasteiger partial charge is 0.285 e. The maximum Gasteiger partial charge on any atom is 0.416 e. The van der Waals surface area contributed by atoms with E-state index in [0.29, 0.717) is 11.1 Å². The molecular formula is C29H16F3N7O2. The van der Waals surface area contributed by atoms with Crippen LogP contribution in [0, 0.1) is 22.7 Å². The molecule has 41 heavy (non-hydrogen) atoms. The number of nitrogens with zero attached hydrogens (tertiary/aromatic N) is 7. The molecule has 3 aromatic carbocycles. The van der Waals surface area contributed by atoms with Gasteiger partial charge in [0, 0.05) is 11.9 Å². The van der Waals surface area contributed by atoms with Gasteiger partial charge in [0.25, 0.3) is 11.8 Å². The summed E-state index contributed by atoms with van der Waals surface area (Å²) >= 11 is 0. The maximum absolute atomic E-state index is 13.5. The van der Waals surface area contributed by atoms with Crippen molar-refractivity contribution in [1.29, 1.82) is 10.5 Å². The van der Waals surface area contributed by atoms with E-state index in [9.17, 15) is 33.3 Å². The summed E-state index contributed by atoms with van der Waals surface area (Å²) in [5.74, 6) is -0.929. The number of fused-ring (bicyclic) bond motifs is 2. The number of rotatable bonds is 4. The number of carbonyl (C=O) groups excluding carboxylic acids is 2. The van der Waals surface area contributed by atoms with Crippen LogP contribution in [0.1, 0.15) is 49.3 Å². The van der Waals surface area contributed by atoms with Crippen LogP contribution in [0.3, 0.4) is 0 Å². The lowest BCUT2D eigenvalue weighted by Gasteiger charge is -2.30. The first-order valence-corrected chi connectivity index (χ1v) is 12.2. The monoisotopic (exact) mass is 551 g/mol. The topological polar surface area (TPSA) is 119 Å². The van der Waals surface area contributed by atoms with Crippen LogP contribution in [0.25, 0.3) is 0 Å². The number of hydrogen-bond donors (Lipinski definition) is 0. The first-order valence-electron chi connectivity index (χ1n) is 12.2. The first-order chi connectivity index (χ1) is 19.7. The molecule has 2 amide bonds. The fraction of sp³-hybridized carbons (Fsp3) is 0.103. The van der Waals surface area contributed by atoms with Crippen LogP contribution in [0.4, 0.5) is 24.8 Å². The Morgan fingerprint density at radius 1 is 0.878 bits per heavy atom. The lowest BCUT2D eigenvalue weighted by molar-refractivity contribution is -0.137. The van der Waals surface area contributed by atoms with Gasteiger partial charge in [-0.1, -0.05) is 30.3 Å². The number of benzene rings is 3. The highest BCUT2D eigenvalue weighted by Gasteiger charge is 2.38. The number of anilines is 2. The second-order valence-corrected chi connectivity index (χ2v) is 9.27. The van der Waals surface area contributed by atoms with Gasteiger partial charge in [0.2, 0.25) is 5.95 Å². The number of nitriles is 2. The van der Waals surface area contributed by atoms with Gasteiger partial charge in [-0.3, -0.25) is 19.4 Å². The van der Waals surface area contributed by atoms with E-state index in [2.05, 4.69) is 16.2 Å². The summed E-state index contributed by atoms with van der Waals surface area (Å²) in [5, 5.41) is 23.8. The molecule has 0 saturated carbocycles. The Kier molecular flexibility index (Phi) is 5.89. The second-order valence-electron chi connectivity index (χ2n) is 9.27. The number of carbonyl (C=O) groups is 2. The predicted octanol–water partition coefficient (Wildman–Crippen LogP) is 5.11. The van der Waals surface area contributed by atoms with Crippen LogP contribution in [-0.4, -0.2) is 31.5 Å². The fourth-order valence-electron chi connectivity index (χ4n) is 4.86. The van der Waals surface area contributed by atoms with E-state index in [-0.39, 0.29) is 40.7 Å². The zero-order valence-corrected chi connectivity index (χ0v) is 20.9. The second kappa shape index (κ2) is 9.47. The summed E-state index contributed by atoms with van der Waals surface area (Å²) in [6, 6.07) is 20.6. The molecule has 0 radical (unpaired) electrons. The van der Waals surface area contributed by atoms with Gasteiger partial charge >= 0.3 is 6.18 Å². The van der Waals surface area contributed by atoms with Crippen molar-refractivity contribution in [1.82, 2.24) is 19.7 Å². The first kappa shape index (κ1) is 25.5. The average molecular weight is 551 g/mol. The average Bonchev–Trinajstić information content (AvgIpc) is 3.51. The van der Waals surface area contributed by atoms with Gasteiger partial charge in [0.1, 0.15) is 6.04 Å². The number of halogens is 3. The van der Waals surface area contributed by atoms with Gasteiger partial charge < -0.3 is 0 Å². The van der Waals surface area contributed by atoms with Crippen molar-refractivity contribution in [2.45, 2.75) is 18.8 Å². The Morgan fingerprint density at radius 3 is 2.17 bits per heavy atom. The minimum Gasteiger partial charge on any atom is -0.285 e. The SMILES string of the molecule is N#CC1=CN(c2cccc(C(F)(F)F)c2)c2nc(CN3C(=O)c4ccccc4C3=O)nn2C1c1ccc(C#N)cc1. The number of imide groups is 1. The lowest BCUT2D eigenvalue weighted by atomic mass is 9.98. The zero-order valence-electron chi connectivity index (χ0n) is 20.9. The van der Waals surface area contributed by atoms with Crippen molar-refractivity contribution in [3.63, 3.8) is 0 Å². The number of aromatic nitrogens is 3. The van der Waals surface area contributed by atoms with E-state index in [4.69, 9.17) is 0 Å². The highest BCUT2D eigenvalue weighted by atomic mass is 19.4. The van der Waals surface area contributed by atoms with Crippen molar-refractivity contribution >= 4 is 23.5 Å². The maximum atomic E-state index is 13.5. The molecule has 2 aliphatic heterocycles. The van der Waals surface area contributed by atoms with Crippen LogP contribution in [0.15, 0.2) is 84.6 Å². The summed E-state index contributed by atoms with van der Waals surface area (Å²) in [4.78, 5) is 32.8. The molecule has 0 saturated heterocycles. The van der Waals surface area contributed by atoms with Gasteiger partial charge in [-0.25, -0.2) is 4.68 Å². The zero-order chi connectivity index (χ0) is 28.9. The third-order valence-electron chi connectivity index (χ3n) is 6.79. The molecule has 2 aliphatic rings. The third kappa shape index (κ3) is 4.28. The van der Waals surface area contributed by atoms with E-state index in [1.807, 2.05) is 6.07 Å². The molecular weight excluding hydrogens is 535 g/mol. The molecule has 0 fully saturated rings. The molecule has 3 heterocycles. The molecule has 0 N–H and O–H groups in total. The van der Waals surface area contributed by atoms with Crippen LogP contribution >= 0.6 is 0 Å². The van der Waals surface area contributed by atoms with Gasteiger partial charge in [0.05, 0.1) is 46.5 Å². The van der Waals surface area contributed by atoms with E-state index in [1.54, 1.807) is 48.5 Å². The number of allylic oxidation sites excluding steroid dienone is 1. The van der Waals surface area contributed by atoms with Gasteiger partial charge in [0.15, 0.2) is 5.82 Å².